The number of nitrogens with zero attached hydrogens (tertiary/aromatic N) is 1. The molecular weight excluding hydrogens is 234 g/mol. The van der Waals surface area contributed by atoms with Crippen molar-refractivity contribution < 1.29 is 9.47 Å². The van der Waals surface area contributed by atoms with Gasteiger partial charge in [0.2, 0.25) is 0 Å². The van der Waals surface area contributed by atoms with Crippen LogP contribution in [0.1, 0.15) is 25.8 Å². The summed E-state index contributed by atoms with van der Waals surface area (Å²) in [6.45, 7) is 8.59. The summed E-state index contributed by atoms with van der Waals surface area (Å²) in [6.07, 6.45) is 0. The fourth-order valence-electron chi connectivity index (χ4n) is 1.47. The quantitative estimate of drug-likeness (QED) is 0.827. The third kappa shape index (κ3) is 3.09. The van der Waals surface area contributed by atoms with E-state index in [4.69, 9.17) is 9.47 Å². The second kappa shape index (κ2) is 6.45. The number of fused-ring (bicyclic) bond motifs is 1. The monoisotopic (exact) mass is 253 g/mol. The minimum absolute atomic E-state index is 0.638. The number of aromatic nitrogens is 1. The van der Waals surface area contributed by atoms with Crippen LogP contribution in [0.2, 0.25) is 0 Å². The Hall–Kier alpha value is -1.29. The number of methoxy groups -OCH3 is 1. The van der Waals surface area contributed by atoms with Crippen LogP contribution in [0.5, 0.6) is 11.5 Å². The molecule has 1 aromatic heterocycles. The summed E-state index contributed by atoms with van der Waals surface area (Å²) in [6, 6.07) is 3.87. The minimum Gasteiger partial charge on any atom is -0.497 e. The number of benzene rings is 1. The lowest BCUT2D eigenvalue weighted by Crippen LogP contribution is -1.93. The van der Waals surface area contributed by atoms with E-state index in [-0.39, 0.29) is 0 Å². The zero-order valence-corrected chi connectivity index (χ0v) is 11.9. The normalized spacial score (nSPS) is 9.71. The van der Waals surface area contributed by atoms with Gasteiger partial charge in [-0.2, -0.15) is 0 Å². The first-order valence-corrected chi connectivity index (χ1v) is 6.64. The first-order chi connectivity index (χ1) is 8.24. The molecular formula is C13H19NO2S. The maximum Gasteiger partial charge on any atom is 0.150 e. The highest BCUT2D eigenvalue weighted by atomic mass is 32.1. The fraction of sp³-hybridized carbons (Fsp3) is 0.462. The molecule has 0 fully saturated rings. The Bertz CT molecular complexity index is 479. The third-order valence-corrected chi connectivity index (χ3v) is 2.99. The summed E-state index contributed by atoms with van der Waals surface area (Å²) in [5.41, 5.74) is 0.931. The second-order valence-electron chi connectivity index (χ2n) is 3.14. The van der Waals surface area contributed by atoms with Crippen molar-refractivity contribution in [3.8, 4) is 11.5 Å². The first-order valence-electron chi connectivity index (χ1n) is 5.82. The Morgan fingerprint density at radius 1 is 1.29 bits per heavy atom. The van der Waals surface area contributed by atoms with Crippen molar-refractivity contribution >= 4 is 21.6 Å². The van der Waals surface area contributed by atoms with Gasteiger partial charge in [0.1, 0.15) is 17.0 Å². The van der Waals surface area contributed by atoms with Gasteiger partial charge < -0.3 is 9.47 Å². The van der Waals surface area contributed by atoms with Gasteiger partial charge >= 0.3 is 0 Å². The molecule has 94 valence electrons. The van der Waals surface area contributed by atoms with Crippen molar-refractivity contribution in [2.75, 3.05) is 13.7 Å². The van der Waals surface area contributed by atoms with Crippen LogP contribution in [0.25, 0.3) is 10.2 Å². The predicted molar refractivity (Wildman–Crippen MR) is 73.4 cm³/mol. The Balaban J connectivity index is 0.000000686. The molecule has 0 saturated heterocycles. The Labute approximate surface area is 106 Å². The summed E-state index contributed by atoms with van der Waals surface area (Å²) >= 11 is 1.65. The van der Waals surface area contributed by atoms with E-state index in [1.165, 1.54) is 0 Å². The van der Waals surface area contributed by atoms with Gasteiger partial charge in [0.25, 0.3) is 0 Å². The number of aryl methyl sites for hydroxylation is 1. The maximum absolute atomic E-state index is 5.54. The molecule has 0 atom stereocenters. The van der Waals surface area contributed by atoms with Crippen LogP contribution in [-0.4, -0.2) is 18.7 Å². The molecule has 2 rings (SSSR count). The van der Waals surface area contributed by atoms with E-state index >= 15 is 0 Å². The molecule has 3 nitrogen and oxygen atoms in total. The summed E-state index contributed by atoms with van der Waals surface area (Å²) in [7, 11) is 1.66. The Morgan fingerprint density at radius 3 is 2.59 bits per heavy atom. The highest BCUT2D eigenvalue weighted by Gasteiger charge is 2.09. The van der Waals surface area contributed by atoms with E-state index in [1.807, 2.05) is 39.8 Å². The summed E-state index contributed by atoms with van der Waals surface area (Å²) in [4.78, 5) is 4.45. The fourth-order valence-corrected chi connectivity index (χ4v) is 2.34. The molecule has 2 aromatic rings. The second-order valence-corrected chi connectivity index (χ2v) is 4.37. The topological polar surface area (TPSA) is 31.4 Å². The Morgan fingerprint density at radius 2 is 2.00 bits per heavy atom. The van der Waals surface area contributed by atoms with Crippen LogP contribution in [0.3, 0.4) is 0 Å². The van der Waals surface area contributed by atoms with Gasteiger partial charge in [-0.25, -0.2) is 4.98 Å². The Kier molecular flexibility index (Phi) is 5.22. The van der Waals surface area contributed by atoms with Gasteiger partial charge in [-0.05, 0) is 19.9 Å². The van der Waals surface area contributed by atoms with Crippen molar-refractivity contribution in [3.05, 3.63) is 17.1 Å². The molecule has 0 N–H and O–H groups in total. The molecule has 17 heavy (non-hydrogen) atoms. The molecule has 0 aliphatic heterocycles. The van der Waals surface area contributed by atoms with E-state index in [0.29, 0.717) is 6.61 Å². The van der Waals surface area contributed by atoms with E-state index < -0.39 is 0 Å². The van der Waals surface area contributed by atoms with Gasteiger partial charge in [-0.15, -0.1) is 11.3 Å². The zero-order valence-electron chi connectivity index (χ0n) is 11.0. The van der Waals surface area contributed by atoms with E-state index in [1.54, 1.807) is 18.4 Å². The van der Waals surface area contributed by atoms with Crippen LogP contribution < -0.4 is 9.47 Å². The lowest BCUT2D eigenvalue weighted by Gasteiger charge is -2.06. The summed E-state index contributed by atoms with van der Waals surface area (Å²) < 4.78 is 11.9. The number of rotatable bonds is 3. The van der Waals surface area contributed by atoms with E-state index in [2.05, 4.69) is 4.98 Å². The molecule has 0 bridgehead atoms. The maximum atomic E-state index is 5.54. The summed E-state index contributed by atoms with van der Waals surface area (Å²) in [5, 5.41) is 1.04. The van der Waals surface area contributed by atoms with Gasteiger partial charge in [0.05, 0.1) is 23.4 Å². The van der Waals surface area contributed by atoms with Crippen molar-refractivity contribution in [2.24, 2.45) is 0 Å². The number of hydrogen-bond donors (Lipinski definition) is 0. The van der Waals surface area contributed by atoms with Crippen LogP contribution >= 0.6 is 11.3 Å². The molecule has 0 aliphatic rings. The van der Waals surface area contributed by atoms with Gasteiger partial charge in [-0.3, -0.25) is 0 Å². The smallest absolute Gasteiger partial charge is 0.150 e. The number of thiazole rings is 1. The van der Waals surface area contributed by atoms with Crippen molar-refractivity contribution in [1.82, 2.24) is 4.98 Å². The zero-order chi connectivity index (χ0) is 12.8. The first kappa shape index (κ1) is 13.8. The highest BCUT2D eigenvalue weighted by Crippen LogP contribution is 2.34. The molecule has 1 heterocycles. The van der Waals surface area contributed by atoms with E-state index in [9.17, 15) is 0 Å². The minimum atomic E-state index is 0.638. The molecule has 0 unspecified atom stereocenters. The van der Waals surface area contributed by atoms with Crippen LogP contribution in [0, 0.1) is 6.92 Å². The molecule has 4 heteroatoms. The molecule has 0 radical (unpaired) electrons. The number of hydrogen-bond acceptors (Lipinski definition) is 4. The largest absolute Gasteiger partial charge is 0.497 e. The van der Waals surface area contributed by atoms with Gasteiger partial charge in [0.15, 0.2) is 0 Å². The lowest BCUT2D eigenvalue weighted by molar-refractivity contribution is 0.340. The average molecular weight is 253 g/mol. The van der Waals surface area contributed by atoms with Crippen molar-refractivity contribution in [2.45, 2.75) is 27.7 Å². The lowest BCUT2D eigenvalue weighted by atomic mass is 10.3. The predicted octanol–water partition coefficient (Wildman–Crippen LogP) is 4.04. The van der Waals surface area contributed by atoms with Crippen LogP contribution in [-0.2, 0) is 0 Å². The van der Waals surface area contributed by atoms with Crippen LogP contribution in [0.15, 0.2) is 12.1 Å². The molecule has 1 aromatic carbocycles. The van der Waals surface area contributed by atoms with Crippen LogP contribution in [0.4, 0.5) is 0 Å². The van der Waals surface area contributed by atoms with Gasteiger partial charge in [0, 0.05) is 6.07 Å². The third-order valence-electron chi connectivity index (χ3n) is 2.08. The van der Waals surface area contributed by atoms with Crippen molar-refractivity contribution in [1.29, 1.82) is 0 Å². The molecule has 0 spiro atoms. The molecule has 0 saturated carbocycles. The van der Waals surface area contributed by atoms with Gasteiger partial charge in [-0.1, -0.05) is 13.8 Å². The molecule has 0 amide bonds. The molecule has 0 aliphatic carbocycles. The van der Waals surface area contributed by atoms with Crippen molar-refractivity contribution in [3.63, 3.8) is 0 Å². The average Bonchev–Trinajstić information content (AvgIpc) is 2.72. The summed E-state index contributed by atoms with van der Waals surface area (Å²) in [5.74, 6) is 1.62. The van der Waals surface area contributed by atoms with E-state index in [0.717, 1.165) is 26.7 Å². The standard InChI is InChI=1S/C11H13NO2S.C2H6/c1-4-14-9-5-8(13-3)6-10-11(9)12-7(2)15-10;1-2/h5-6H,4H2,1-3H3;1-2H3. The highest BCUT2D eigenvalue weighted by molar-refractivity contribution is 7.18. The number of ether oxygens (including phenoxy) is 2. The SMILES string of the molecule is CC.CCOc1cc(OC)cc2sc(C)nc12.